The SMILES string of the molecule is O=C(C[NH+]1CCN(C(=O)c2ccccc2)CC1)Nc1ccc2c(c1)CCC2. The molecule has 0 atom stereocenters. The van der Waals surface area contributed by atoms with Gasteiger partial charge in [-0.2, -0.15) is 0 Å². The number of fused-ring (bicyclic) bond motifs is 1. The van der Waals surface area contributed by atoms with Crippen molar-refractivity contribution in [3.05, 3.63) is 65.2 Å². The molecule has 0 bridgehead atoms. The van der Waals surface area contributed by atoms with Crippen LogP contribution in [0.4, 0.5) is 5.69 Å². The van der Waals surface area contributed by atoms with Crippen molar-refractivity contribution < 1.29 is 14.5 Å². The molecule has 1 aliphatic heterocycles. The van der Waals surface area contributed by atoms with Crippen LogP contribution in [-0.2, 0) is 17.6 Å². The molecule has 4 rings (SSSR count). The first-order valence-corrected chi connectivity index (χ1v) is 9.78. The zero-order valence-electron chi connectivity index (χ0n) is 15.5. The van der Waals surface area contributed by atoms with Gasteiger partial charge in [0.25, 0.3) is 11.8 Å². The minimum absolute atomic E-state index is 0.0470. The maximum Gasteiger partial charge on any atom is 0.279 e. The molecule has 2 aromatic rings. The number of piperazine rings is 1. The Morgan fingerprint density at radius 1 is 0.963 bits per heavy atom. The fourth-order valence-corrected chi connectivity index (χ4v) is 4.05. The van der Waals surface area contributed by atoms with Gasteiger partial charge in [0.2, 0.25) is 0 Å². The molecular formula is C22H26N3O2+. The smallest absolute Gasteiger partial charge is 0.279 e. The van der Waals surface area contributed by atoms with Crippen molar-refractivity contribution in [3.63, 3.8) is 0 Å². The second kappa shape index (κ2) is 7.92. The first-order chi connectivity index (χ1) is 13.2. The maximum absolute atomic E-state index is 12.5. The van der Waals surface area contributed by atoms with Gasteiger partial charge in [0.15, 0.2) is 6.54 Å². The average molecular weight is 364 g/mol. The number of carbonyl (C=O) groups is 2. The van der Waals surface area contributed by atoms with Gasteiger partial charge in [-0.15, -0.1) is 0 Å². The molecule has 0 radical (unpaired) electrons. The summed E-state index contributed by atoms with van der Waals surface area (Å²) in [5.74, 6) is 0.128. The van der Waals surface area contributed by atoms with E-state index in [1.165, 1.54) is 22.4 Å². The van der Waals surface area contributed by atoms with Crippen LogP contribution in [-0.4, -0.2) is 49.4 Å². The normalized spacial score (nSPS) is 16.8. The zero-order chi connectivity index (χ0) is 18.6. The van der Waals surface area contributed by atoms with Gasteiger partial charge in [-0.1, -0.05) is 24.3 Å². The predicted octanol–water partition coefficient (Wildman–Crippen LogP) is 1.15. The summed E-state index contributed by atoms with van der Waals surface area (Å²) < 4.78 is 0. The molecule has 2 N–H and O–H groups in total. The van der Waals surface area contributed by atoms with Crippen molar-refractivity contribution in [2.45, 2.75) is 19.3 Å². The Kier molecular flexibility index (Phi) is 5.21. The van der Waals surface area contributed by atoms with E-state index in [9.17, 15) is 9.59 Å². The number of anilines is 1. The number of nitrogens with zero attached hydrogens (tertiary/aromatic N) is 1. The molecule has 1 heterocycles. The van der Waals surface area contributed by atoms with Crippen LogP contribution in [0.15, 0.2) is 48.5 Å². The summed E-state index contributed by atoms with van der Waals surface area (Å²) in [6, 6.07) is 15.7. The van der Waals surface area contributed by atoms with Crippen molar-refractivity contribution in [2.24, 2.45) is 0 Å². The molecule has 0 saturated carbocycles. The highest BCUT2D eigenvalue weighted by Gasteiger charge is 2.26. The van der Waals surface area contributed by atoms with E-state index >= 15 is 0 Å². The van der Waals surface area contributed by atoms with E-state index in [1.807, 2.05) is 41.3 Å². The summed E-state index contributed by atoms with van der Waals surface area (Å²) in [6.45, 7) is 3.43. The molecule has 0 unspecified atom stereocenters. The van der Waals surface area contributed by atoms with Crippen LogP contribution in [0.25, 0.3) is 0 Å². The van der Waals surface area contributed by atoms with Gasteiger partial charge in [0.05, 0.1) is 26.2 Å². The van der Waals surface area contributed by atoms with E-state index in [-0.39, 0.29) is 11.8 Å². The van der Waals surface area contributed by atoms with Crippen LogP contribution in [0.2, 0.25) is 0 Å². The van der Waals surface area contributed by atoms with Crippen molar-refractivity contribution in [2.75, 3.05) is 38.0 Å². The minimum atomic E-state index is 0.0470. The predicted molar refractivity (Wildman–Crippen MR) is 105 cm³/mol. The maximum atomic E-state index is 12.5. The molecule has 2 aromatic carbocycles. The number of quaternary nitrogens is 1. The summed E-state index contributed by atoms with van der Waals surface area (Å²) >= 11 is 0. The summed E-state index contributed by atoms with van der Waals surface area (Å²) in [5.41, 5.74) is 4.42. The van der Waals surface area contributed by atoms with Crippen molar-refractivity contribution in [3.8, 4) is 0 Å². The molecule has 2 amide bonds. The van der Waals surface area contributed by atoms with Crippen molar-refractivity contribution >= 4 is 17.5 Å². The monoisotopic (exact) mass is 364 g/mol. The first kappa shape index (κ1) is 17.7. The Hall–Kier alpha value is -2.66. The van der Waals surface area contributed by atoms with Gasteiger partial charge in [-0.3, -0.25) is 9.59 Å². The number of nitrogens with one attached hydrogen (secondary N) is 2. The van der Waals surface area contributed by atoms with Gasteiger partial charge in [0.1, 0.15) is 0 Å². The van der Waals surface area contributed by atoms with E-state index in [4.69, 9.17) is 0 Å². The van der Waals surface area contributed by atoms with E-state index in [0.717, 1.165) is 37.2 Å². The van der Waals surface area contributed by atoms with Gasteiger partial charge in [0, 0.05) is 11.3 Å². The van der Waals surface area contributed by atoms with E-state index < -0.39 is 0 Å². The molecule has 2 aliphatic rings. The van der Waals surface area contributed by atoms with Crippen molar-refractivity contribution in [1.29, 1.82) is 0 Å². The standard InChI is InChI=1S/C22H25N3O2/c26-21(23-20-10-9-17-7-4-8-19(17)15-20)16-24-11-13-25(14-12-24)22(27)18-5-2-1-3-6-18/h1-3,5-6,9-10,15H,4,7-8,11-14,16H2,(H,23,26)/p+1. The molecule has 1 saturated heterocycles. The van der Waals surface area contributed by atoms with E-state index in [1.54, 1.807) is 0 Å². The molecular weight excluding hydrogens is 338 g/mol. The Morgan fingerprint density at radius 2 is 1.70 bits per heavy atom. The minimum Gasteiger partial charge on any atom is -0.327 e. The Labute approximate surface area is 160 Å². The summed E-state index contributed by atoms with van der Waals surface area (Å²) in [6.07, 6.45) is 3.48. The fourth-order valence-electron chi connectivity index (χ4n) is 4.05. The number of hydrogen-bond donors (Lipinski definition) is 2. The van der Waals surface area contributed by atoms with Crippen LogP contribution < -0.4 is 10.2 Å². The lowest BCUT2D eigenvalue weighted by molar-refractivity contribution is -0.895. The highest BCUT2D eigenvalue weighted by molar-refractivity contribution is 5.94. The van der Waals surface area contributed by atoms with Crippen LogP contribution >= 0.6 is 0 Å². The van der Waals surface area contributed by atoms with E-state index in [2.05, 4.69) is 17.4 Å². The number of rotatable bonds is 4. The average Bonchev–Trinajstić information content (AvgIpc) is 3.16. The Bertz CT molecular complexity index is 827. The Morgan fingerprint density at radius 3 is 2.48 bits per heavy atom. The number of benzene rings is 2. The first-order valence-electron chi connectivity index (χ1n) is 9.78. The fraction of sp³-hybridized carbons (Fsp3) is 0.364. The Balaban J connectivity index is 1.26. The quantitative estimate of drug-likeness (QED) is 0.855. The summed E-state index contributed by atoms with van der Waals surface area (Å²) in [4.78, 5) is 28.0. The van der Waals surface area contributed by atoms with Crippen molar-refractivity contribution in [1.82, 2.24) is 4.90 Å². The lowest BCUT2D eigenvalue weighted by Crippen LogP contribution is -3.15. The second-order valence-corrected chi connectivity index (χ2v) is 7.47. The number of amides is 2. The molecule has 1 aliphatic carbocycles. The molecule has 0 spiro atoms. The van der Waals surface area contributed by atoms with Crippen LogP contribution in [0, 0.1) is 0 Å². The van der Waals surface area contributed by atoms with Gasteiger partial charge < -0.3 is 15.1 Å². The highest BCUT2D eigenvalue weighted by Crippen LogP contribution is 2.24. The molecule has 5 heteroatoms. The van der Waals surface area contributed by atoms with Gasteiger partial charge >= 0.3 is 0 Å². The van der Waals surface area contributed by atoms with Gasteiger partial charge in [-0.05, 0) is 54.7 Å². The highest BCUT2D eigenvalue weighted by atomic mass is 16.2. The molecule has 27 heavy (non-hydrogen) atoms. The number of carbonyl (C=O) groups excluding carboxylic acids is 2. The largest absolute Gasteiger partial charge is 0.327 e. The topological polar surface area (TPSA) is 53.9 Å². The molecule has 140 valence electrons. The number of hydrogen-bond acceptors (Lipinski definition) is 2. The zero-order valence-corrected chi connectivity index (χ0v) is 15.5. The third-order valence-corrected chi connectivity index (χ3v) is 5.57. The molecule has 5 nitrogen and oxygen atoms in total. The van der Waals surface area contributed by atoms with Gasteiger partial charge in [-0.25, -0.2) is 0 Å². The second-order valence-electron chi connectivity index (χ2n) is 7.47. The van der Waals surface area contributed by atoms with Crippen LogP contribution in [0.1, 0.15) is 27.9 Å². The number of aryl methyl sites for hydroxylation is 2. The van der Waals surface area contributed by atoms with E-state index in [0.29, 0.717) is 19.6 Å². The molecule has 0 aromatic heterocycles. The third-order valence-electron chi connectivity index (χ3n) is 5.57. The third kappa shape index (κ3) is 4.19. The van der Waals surface area contributed by atoms with Crippen LogP contribution in [0.3, 0.4) is 0 Å². The summed E-state index contributed by atoms with van der Waals surface area (Å²) in [5, 5.41) is 3.04. The van der Waals surface area contributed by atoms with Crippen LogP contribution in [0.5, 0.6) is 0 Å². The lowest BCUT2D eigenvalue weighted by atomic mass is 10.1. The summed E-state index contributed by atoms with van der Waals surface area (Å²) in [7, 11) is 0. The molecule has 1 fully saturated rings. The lowest BCUT2D eigenvalue weighted by Gasteiger charge is -2.32.